The Labute approximate surface area is 116 Å². The van der Waals surface area contributed by atoms with Gasteiger partial charge in [-0.25, -0.2) is 0 Å². The fourth-order valence-electron chi connectivity index (χ4n) is 1.58. The average molecular weight is 282 g/mol. The van der Waals surface area contributed by atoms with Crippen LogP contribution in [0.25, 0.3) is 0 Å². The molecule has 0 aliphatic heterocycles. The zero-order valence-electron chi connectivity index (χ0n) is 10.9. The van der Waals surface area contributed by atoms with Crippen LogP contribution in [0.4, 0.5) is 0 Å². The molecule has 0 saturated carbocycles. The minimum atomic E-state index is 0.215. The van der Waals surface area contributed by atoms with Crippen molar-refractivity contribution in [1.82, 2.24) is 15.5 Å². The van der Waals surface area contributed by atoms with E-state index in [1.54, 1.807) is 6.92 Å². The first-order valence-electron chi connectivity index (χ1n) is 6.10. The molecule has 0 spiro atoms. The van der Waals surface area contributed by atoms with Crippen molar-refractivity contribution in [3.05, 3.63) is 40.6 Å². The van der Waals surface area contributed by atoms with Gasteiger partial charge in [-0.2, -0.15) is 0 Å². The maximum Gasteiger partial charge on any atom is 0.253 e. The highest BCUT2D eigenvalue weighted by molar-refractivity contribution is 6.32. The van der Waals surface area contributed by atoms with Gasteiger partial charge in [0.2, 0.25) is 5.89 Å². The lowest BCUT2D eigenvalue weighted by Gasteiger charge is -2.08. The molecule has 2 aromatic rings. The van der Waals surface area contributed by atoms with Gasteiger partial charge >= 0.3 is 0 Å². The van der Waals surface area contributed by atoms with Crippen molar-refractivity contribution in [2.45, 2.75) is 27.0 Å². The van der Waals surface area contributed by atoms with E-state index in [-0.39, 0.29) is 6.61 Å². The summed E-state index contributed by atoms with van der Waals surface area (Å²) in [4.78, 5) is 0. The molecule has 0 bridgehead atoms. The Morgan fingerprint density at radius 3 is 2.84 bits per heavy atom. The smallest absolute Gasteiger partial charge is 0.253 e. The zero-order valence-corrected chi connectivity index (χ0v) is 11.7. The van der Waals surface area contributed by atoms with Gasteiger partial charge in [0, 0.05) is 13.5 Å². The van der Waals surface area contributed by atoms with Crippen LogP contribution in [0.3, 0.4) is 0 Å². The fourth-order valence-corrected chi connectivity index (χ4v) is 1.83. The van der Waals surface area contributed by atoms with E-state index in [1.165, 1.54) is 0 Å². The molecule has 5 nitrogen and oxygen atoms in total. The van der Waals surface area contributed by atoms with Crippen LogP contribution in [0.5, 0.6) is 5.75 Å². The summed E-state index contributed by atoms with van der Waals surface area (Å²) < 4.78 is 10.8. The molecule has 1 aromatic heterocycles. The molecule has 19 heavy (non-hydrogen) atoms. The fraction of sp³-hybridized carbons (Fsp3) is 0.385. The molecule has 0 fully saturated rings. The normalized spacial score (nSPS) is 10.7. The summed E-state index contributed by atoms with van der Waals surface area (Å²) in [6.45, 7) is 5.73. The van der Waals surface area contributed by atoms with Crippen molar-refractivity contribution >= 4 is 11.6 Å². The summed E-state index contributed by atoms with van der Waals surface area (Å²) in [5.41, 5.74) is 1.12. The number of hydrogen-bond acceptors (Lipinski definition) is 5. The van der Waals surface area contributed by atoms with E-state index in [0.29, 0.717) is 22.6 Å². The maximum absolute atomic E-state index is 6.16. The zero-order chi connectivity index (χ0) is 13.7. The van der Waals surface area contributed by atoms with Gasteiger partial charge in [-0.1, -0.05) is 24.6 Å². The molecule has 0 saturated heterocycles. The predicted octanol–water partition coefficient (Wildman–Crippen LogP) is 2.72. The molecule has 6 heteroatoms. The molecule has 1 N–H and O–H groups in total. The summed E-state index contributed by atoms with van der Waals surface area (Å²) >= 11 is 6.16. The number of aryl methyl sites for hydroxylation is 1. The van der Waals surface area contributed by atoms with Crippen LogP contribution in [0.2, 0.25) is 5.02 Å². The van der Waals surface area contributed by atoms with E-state index in [2.05, 4.69) is 22.4 Å². The minimum Gasteiger partial charge on any atom is -0.482 e. The Hall–Kier alpha value is -1.59. The maximum atomic E-state index is 6.16. The largest absolute Gasteiger partial charge is 0.482 e. The summed E-state index contributed by atoms with van der Waals surface area (Å²) in [6, 6.07) is 5.71. The van der Waals surface area contributed by atoms with Crippen LogP contribution in [0.15, 0.2) is 22.6 Å². The van der Waals surface area contributed by atoms with Crippen molar-refractivity contribution in [2.24, 2.45) is 0 Å². The van der Waals surface area contributed by atoms with Gasteiger partial charge in [0.25, 0.3) is 5.89 Å². The number of ether oxygens (including phenoxy) is 1. The van der Waals surface area contributed by atoms with E-state index in [0.717, 1.165) is 18.7 Å². The molecule has 0 aliphatic rings. The third-order valence-electron chi connectivity index (χ3n) is 2.49. The predicted molar refractivity (Wildman–Crippen MR) is 72.2 cm³/mol. The van der Waals surface area contributed by atoms with Crippen molar-refractivity contribution in [3.8, 4) is 5.75 Å². The van der Waals surface area contributed by atoms with Crippen molar-refractivity contribution in [3.63, 3.8) is 0 Å². The number of rotatable bonds is 6. The summed E-state index contributed by atoms with van der Waals surface area (Å²) in [5, 5.41) is 11.4. The van der Waals surface area contributed by atoms with E-state index in [4.69, 9.17) is 20.8 Å². The van der Waals surface area contributed by atoms with Crippen molar-refractivity contribution in [2.75, 3.05) is 6.54 Å². The molecular weight excluding hydrogens is 266 g/mol. The molecule has 0 atom stereocenters. The lowest BCUT2D eigenvalue weighted by atomic mass is 10.2. The lowest BCUT2D eigenvalue weighted by Crippen LogP contribution is -2.11. The molecule has 1 aromatic carbocycles. The number of benzene rings is 1. The van der Waals surface area contributed by atoms with E-state index in [9.17, 15) is 0 Å². The number of hydrogen-bond donors (Lipinski definition) is 1. The highest BCUT2D eigenvalue weighted by Gasteiger charge is 2.07. The molecule has 102 valence electrons. The summed E-state index contributed by atoms with van der Waals surface area (Å²) in [5.74, 6) is 1.56. The second kappa shape index (κ2) is 6.54. The highest BCUT2D eigenvalue weighted by Crippen LogP contribution is 2.26. The van der Waals surface area contributed by atoms with Crippen LogP contribution in [0, 0.1) is 6.92 Å². The Morgan fingerprint density at radius 2 is 2.21 bits per heavy atom. The van der Waals surface area contributed by atoms with Gasteiger partial charge in [0.15, 0.2) is 6.61 Å². The van der Waals surface area contributed by atoms with Crippen molar-refractivity contribution in [1.29, 1.82) is 0 Å². The van der Waals surface area contributed by atoms with Crippen LogP contribution >= 0.6 is 11.6 Å². The Bertz CT molecular complexity index is 542. The van der Waals surface area contributed by atoms with Gasteiger partial charge in [0.1, 0.15) is 5.75 Å². The molecule has 0 amide bonds. The lowest BCUT2D eigenvalue weighted by molar-refractivity contribution is 0.260. The molecule has 2 rings (SSSR count). The van der Waals surface area contributed by atoms with Crippen LogP contribution in [0.1, 0.15) is 24.3 Å². The number of nitrogens with one attached hydrogen (secondary N) is 1. The van der Waals surface area contributed by atoms with E-state index in [1.807, 2.05) is 18.2 Å². The van der Waals surface area contributed by atoms with Crippen LogP contribution in [-0.4, -0.2) is 16.7 Å². The Balaban J connectivity index is 1.96. The molecule has 0 aliphatic carbocycles. The quantitative estimate of drug-likeness (QED) is 0.882. The van der Waals surface area contributed by atoms with Crippen molar-refractivity contribution < 1.29 is 9.15 Å². The molecule has 0 unspecified atom stereocenters. The van der Waals surface area contributed by atoms with Gasteiger partial charge in [-0.15, -0.1) is 10.2 Å². The second-order valence-corrected chi connectivity index (χ2v) is 4.46. The monoisotopic (exact) mass is 281 g/mol. The highest BCUT2D eigenvalue weighted by atomic mass is 35.5. The second-order valence-electron chi connectivity index (χ2n) is 4.05. The van der Waals surface area contributed by atoms with E-state index < -0.39 is 0 Å². The van der Waals surface area contributed by atoms with Gasteiger partial charge in [-0.05, 0) is 24.2 Å². The topological polar surface area (TPSA) is 60.2 Å². The number of aromatic nitrogens is 2. The van der Waals surface area contributed by atoms with Crippen LogP contribution in [-0.2, 0) is 13.2 Å². The Kier molecular flexibility index (Phi) is 4.76. The van der Waals surface area contributed by atoms with E-state index >= 15 is 0 Å². The van der Waals surface area contributed by atoms with Gasteiger partial charge in [-0.3, -0.25) is 0 Å². The third-order valence-corrected chi connectivity index (χ3v) is 2.79. The molecule has 1 heterocycles. The summed E-state index contributed by atoms with van der Waals surface area (Å²) in [6.07, 6.45) is 0. The first-order chi connectivity index (χ1) is 9.19. The van der Waals surface area contributed by atoms with Gasteiger partial charge in [0.05, 0.1) is 5.02 Å². The van der Waals surface area contributed by atoms with Crippen LogP contribution < -0.4 is 10.1 Å². The average Bonchev–Trinajstić information content (AvgIpc) is 2.81. The SMILES string of the molecule is CCNCc1ccc(OCc2nnc(C)o2)c(Cl)c1. The Morgan fingerprint density at radius 1 is 1.37 bits per heavy atom. The standard InChI is InChI=1S/C13H16ClN3O2/c1-3-15-7-10-4-5-12(11(14)6-10)18-8-13-17-16-9(2)19-13/h4-6,15H,3,7-8H2,1-2H3. The minimum absolute atomic E-state index is 0.215. The molecule has 0 radical (unpaired) electrons. The first kappa shape index (κ1) is 13.8. The summed E-state index contributed by atoms with van der Waals surface area (Å²) in [7, 11) is 0. The first-order valence-corrected chi connectivity index (χ1v) is 6.47. The third kappa shape index (κ3) is 3.94. The van der Waals surface area contributed by atoms with Gasteiger partial charge < -0.3 is 14.5 Å². The number of nitrogens with zero attached hydrogens (tertiary/aromatic N) is 2. The molecular formula is C13H16ClN3O2. The number of halogens is 1.